The van der Waals surface area contributed by atoms with Gasteiger partial charge in [-0.15, -0.1) is 0 Å². The second-order valence-electron chi connectivity index (χ2n) is 3.73. The molecule has 0 saturated carbocycles. The Kier molecular flexibility index (Phi) is 2.33. The van der Waals surface area contributed by atoms with E-state index in [4.69, 9.17) is 0 Å². The summed E-state index contributed by atoms with van der Waals surface area (Å²) >= 11 is 5.23. The minimum Gasteiger partial charge on any atom is -0.305 e. The Hall–Kier alpha value is -1.13. The lowest BCUT2D eigenvalue weighted by molar-refractivity contribution is 1.15. The van der Waals surface area contributed by atoms with Gasteiger partial charge in [0.2, 0.25) is 0 Å². The Morgan fingerprint density at radius 2 is 2.25 bits per heavy atom. The molecule has 2 nitrogen and oxygen atoms in total. The normalized spacial score (nSPS) is 11.1. The van der Waals surface area contributed by atoms with E-state index in [1.165, 1.54) is 11.1 Å². The van der Waals surface area contributed by atoms with Crippen molar-refractivity contribution in [1.82, 2.24) is 9.38 Å². The highest BCUT2D eigenvalue weighted by molar-refractivity contribution is 9.10. The van der Waals surface area contributed by atoms with Crippen LogP contribution in [-0.4, -0.2) is 9.38 Å². The van der Waals surface area contributed by atoms with E-state index in [0.717, 1.165) is 15.8 Å². The first kappa shape index (κ1) is 10.1. The SMILES string of the molecule is Cc1cc(Br)c2nc(-c3ccsc3)cn2c1. The molecule has 0 radical (unpaired) electrons. The van der Waals surface area contributed by atoms with E-state index in [-0.39, 0.29) is 0 Å². The van der Waals surface area contributed by atoms with Gasteiger partial charge in [-0.1, -0.05) is 0 Å². The van der Waals surface area contributed by atoms with Gasteiger partial charge in [-0.25, -0.2) is 4.98 Å². The molecule has 0 spiro atoms. The number of thiophene rings is 1. The van der Waals surface area contributed by atoms with Crippen molar-refractivity contribution >= 4 is 32.9 Å². The molecule has 80 valence electrons. The zero-order valence-electron chi connectivity index (χ0n) is 8.64. The van der Waals surface area contributed by atoms with Crippen molar-refractivity contribution < 1.29 is 0 Å². The van der Waals surface area contributed by atoms with Crippen LogP contribution in [0.4, 0.5) is 0 Å². The van der Waals surface area contributed by atoms with E-state index in [1.54, 1.807) is 11.3 Å². The van der Waals surface area contributed by atoms with Crippen LogP contribution in [0, 0.1) is 6.92 Å². The van der Waals surface area contributed by atoms with Crippen molar-refractivity contribution in [1.29, 1.82) is 0 Å². The van der Waals surface area contributed by atoms with Gasteiger partial charge in [0.15, 0.2) is 5.65 Å². The summed E-state index contributed by atoms with van der Waals surface area (Å²) < 4.78 is 3.10. The van der Waals surface area contributed by atoms with Crippen LogP contribution in [0.15, 0.2) is 39.8 Å². The number of imidazole rings is 1. The van der Waals surface area contributed by atoms with Crippen LogP contribution >= 0.6 is 27.3 Å². The molecular weight excluding hydrogens is 284 g/mol. The monoisotopic (exact) mass is 292 g/mol. The molecule has 0 bridgehead atoms. The molecule has 0 aromatic carbocycles. The fourth-order valence-corrected chi connectivity index (χ4v) is 3.04. The molecule has 0 aliphatic rings. The van der Waals surface area contributed by atoms with Crippen molar-refractivity contribution in [2.45, 2.75) is 6.92 Å². The molecular formula is C12H9BrN2S. The van der Waals surface area contributed by atoms with Crippen LogP contribution in [0.3, 0.4) is 0 Å². The van der Waals surface area contributed by atoms with E-state index >= 15 is 0 Å². The van der Waals surface area contributed by atoms with Gasteiger partial charge in [-0.2, -0.15) is 11.3 Å². The third kappa shape index (κ3) is 1.58. The van der Waals surface area contributed by atoms with Gasteiger partial charge in [0, 0.05) is 23.3 Å². The maximum absolute atomic E-state index is 4.62. The molecule has 16 heavy (non-hydrogen) atoms. The summed E-state index contributed by atoms with van der Waals surface area (Å²) in [4.78, 5) is 4.62. The Labute approximate surface area is 106 Å². The fraction of sp³-hybridized carbons (Fsp3) is 0.0833. The van der Waals surface area contributed by atoms with Crippen molar-refractivity contribution in [3.05, 3.63) is 45.3 Å². The zero-order valence-corrected chi connectivity index (χ0v) is 11.0. The maximum Gasteiger partial charge on any atom is 0.151 e. The molecule has 3 rings (SSSR count). The molecule has 4 heteroatoms. The standard InChI is InChI=1S/C12H9BrN2S/c1-8-4-10(13)12-14-11(6-15(12)5-8)9-2-3-16-7-9/h2-7H,1H3. The smallest absolute Gasteiger partial charge is 0.151 e. The second-order valence-corrected chi connectivity index (χ2v) is 5.37. The predicted molar refractivity (Wildman–Crippen MR) is 70.9 cm³/mol. The quantitative estimate of drug-likeness (QED) is 0.659. The molecule has 0 aliphatic heterocycles. The lowest BCUT2D eigenvalue weighted by Gasteiger charge is -1.97. The van der Waals surface area contributed by atoms with E-state index in [1.807, 2.05) is 0 Å². The third-order valence-electron chi connectivity index (χ3n) is 2.46. The summed E-state index contributed by atoms with van der Waals surface area (Å²) in [5.41, 5.74) is 4.38. The highest BCUT2D eigenvalue weighted by Crippen LogP contribution is 2.25. The highest BCUT2D eigenvalue weighted by atomic mass is 79.9. The van der Waals surface area contributed by atoms with Crippen molar-refractivity contribution in [3.8, 4) is 11.3 Å². The Morgan fingerprint density at radius 3 is 3.00 bits per heavy atom. The van der Waals surface area contributed by atoms with Crippen LogP contribution in [0.25, 0.3) is 16.9 Å². The largest absolute Gasteiger partial charge is 0.305 e. The minimum absolute atomic E-state index is 0.965. The first-order valence-electron chi connectivity index (χ1n) is 4.91. The van der Waals surface area contributed by atoms with Crippen molar-refractivity contribution in [2.75, 3.05) is 0 Å². The summed E-state index contributed by atoms with van der Waals surface area (Å²) in [6, 6.07) is 4.17. The molecule has 0 fully saturated rings. The first-order chi connectivity index (χ1) is 7.74. The number of aromatic nitrogens is 2. The summed E-state index contributed by atoms with van der Waals surface area (Å²) in [6.07, 6.45) is 4.15. The Morgan fingerprint density at radius 1 is 1.38 bits per heavy atom. The zero-order chi connectivity index (χ0) is 11.1. The summed E-state index contributed by atoms with van der Waals surface area (Å²) in [7, 11) is 0. The van der Waals surface area contributed by atoms with E-state index in [2.05, 4.69) is 67.5 Å². The Bertz CT molecular complexity index is 640. The maximum atomic E-state index is 4.62. The van der Waals surface area contributed by atoms with E-state index in [0.29, 0.717) is 0 Å². The molecule has 0 aliphatic carbocycles. The summed E-state index contributed by atoms with van der Waals surface area (Å²) in [5, 5.41) is 4.18. The molecule has 0 atom stereocenters. The minimum atomic E-state index is 0.965. The number of fused-ring (bicyclic) bond motifs is 1. The van der Waals surface area contributed by atoms with Gasteiger partial charge >= 0.3 is 0 Å². The molecule has 3 aromatic heterocycles. The average molecular weight is 293 g/mol. The number of hydrogen-bond donors (Lipinski definition) is 0. The molecule has 3 aromatic rings. The molecule has 0 N–H and O–H groups in total. The number of aryl methyl sites for hydroxylation is 1. The molecule has 3 heterocycles. The van der Waals surface area contributed by atoms with Crippen molar-refractivity contribution in [3.63, 3.8) is 0 Å². The van der Waals surface area contributed by atoms with Gasteiger partial charge in [0.25, 0.3) is 0 Å². The summed E-state index contributed by atoms with van der Waals surface area (Å²) in [5.74, 6) is 0. The number of pyridine rings is 1. The highest BCUT2D eigenvalue weighted by Gasteiger charge is 2.07. The van der Waals surface area contributed by atoms with Crippen LogP contribution in [0.5, 0.6) is 0 Å². The fourth-order valence-electron chi connectivity index (χ4n) is 1.74. The lowest BCUT2D eigenvalue weighted by atomic mass is 10.3. The molecule has 0 saturated heterocycles. The number of hydrogen-bond acceptors (Lipinski definition) is 2. The first-order valence-corrected chi connectivity index (χ1v) is 6.65. The Balaban J connectivity index is 2.27. The lowest BCUT2D eigenvalue weighted by Crippen LogP contribution is -1.85. The molecule has 0 unspecified atom stereocenters. The number of halogens is 1. The van der Waals surface area contributed by atoms with Gasteiger partial charge in [0.05, 0.1) is 10.2 Å². The van der Waals surface area contributed by atoms with Gasteiger partial charge in [-0.05, 0) is 45.9 Å². The number of nitrogens with zero attached hydrogens (tertiary/aromatic N) is 2. The second kappa shape index (κ2) is 3.71. The summed E-state index contributed by atoms with van der Waals surface area (Å²) in [6.45, 7) is 2.08. The van der Waals surface area contributed by atoms with E-state index < -0.39 is 0 Å². The van der Waals surface area contributed by atoms with Gasteiger partial charge in [-0.3, -0.25) is 0 Å². The van der Waals surface area contributed by atoms with Crippen molar-refractivity contribution in [2.24, 2.45) is 0 Å². The van der Waals surface area contributed by atoms with Crippen LogP contribution < -0.4 is 0 Å². The third-order valence-corrected chi connectivity index (χ3v) is 3.73. The average Bonchev–Trinajstić information content (AvgIpc) is 2.82. The van der Waals surface area contributed by atoms with Crippen LogP contribution in [-0.2, 0) is 0 Å². The van der Waals surface area contributed by atoms with E-state index in [9.17, 15) is 0 Å². The number of rotatable bonds is 1. The van der Waals surface area contributed by atoms with Gasteiger partial charge in [0.1, 0.15) is 0 Å². The topological polar surface area (TPSA) is 17.3 Å². The molecule has 0 amide bonds. The predicted octanol–water partition coefficient (Wildman–Crippen LogP) is 4.13. The van der Waals surface area contributed by atoms with Gasteiger partial charge < -0.3 is 4.40 Å². The van der Waals surface area contributed by atoms with Crippen LogP contribution in [0.2, 0.25) is 0 Å². The van der Waals surface area contributed by atoms with Crippen LogP contribution in [0.1, 0.15) is 5.56 Å².